The Morgan fingerprint density at radius 1 is 1.53 bits per heavy atom. The van der Waals surface area contributed by atoms with Gasteiger partial charge in [0, 0.05) is 13.1 Å². The number of aliphatic hydroxyl groups excluding tert-OH is 1. The molecule has 2 unspecified atom stereocenters. The summed E-state index contributed by atoms with van der Waals surface area (Å²) in [5, 5.41) is 22.7. The predicted octanol–water partition coefficient (Wildman–Crippen LogP) is -2.04. The van der Waals surface area contributed by atoms with Crippen molar-refractivity contribution in [2.75, 3.05) is 19.6 Å². The highest BCUT2D eigenvalue weighted by Crippen LogP contribution is 1.98. The first-order valence-electron chi connectivity index (χ1n) is 5.15. The molecule has 0 saturated carbocycles. The maximum atomic E-state index is 11.6. The summed E-state index contributed by atoms with van der Waals surface area (Å²) >= 11 is 0. The highest BCUT2D eigenvalue weighted by molar-refractivity contribution is 5.87. The number of hydrogen-bond donors (Lipinski definition) is 4. The van der Waals surface area contributed by atoms with E-state index in [9.17, 15) is 19.5 Å². The minimum atomic E-state index is -1.38. The van der Waals surface area contributed by atoms with Crippen molar-refractivity contribution in [1.29, 1.82) is 0 Å². The number of urea groups is 1. The van der Waals surface area contributed by atoms with E-state index in [1.54, 1.807) is 0 Å². The van der Waals surface area contributed by atoms with Gasteiger partial charge < -0.3 is 25.7 Å². The lowest BCUT2D eigenvalue weighted by molar-refractivity contribution is -0.141. The monoisotopic (exact) mass is 245 g/mol. The van der Waals surface area contributed by atoms with Crippen LogP contribution in [0.4, 0.5) is 4.79 Å². The van der Waals surface area contributed by atoms with Crippen molar-refractivity contribution in [3.05, 3.63) is 0 Å². The van der Waals surface area contributed by atoms with Crippen molar-refractivity contribution < 1.29 is 24.6 Å². The van der Waals surface area contributed by atoms with Crippen LogP contribution in [0, 0.1) is 0 Å². The number of carboxylic acids is 1. The fourth-order valence-corrected chi connectivity index (χ4v) is 1.42. The van der Waals surface area contributed by atoms with Crippen LogP contribution in [-0.4, -0.2) is 64.8 Å². The Hall–Kier alpha value is -1.83. The minimum absolute atomic E-state index is 0.113. The molecule has 1 aliphatic heterocycles. The first kappa shape index (κ1) is 13.2. The van der Waals surface area contributed by atoms with Gasteiger partial charge in [0.1, 0.15) is 6.54 Å². The number of nitrogens with zero attached hydrogens (tertiary/aromatic N) is 1. The second-order valence-corrected chi connectivity index (χ2v) is 3.78. The SMILES string of the molecule is CC(O)C(NC(=O)N1CCNC(=O)C1)C(=O)O. The molecule has 1 aliphatic rings. The van der Waals surface area contributed by atoms with Crippen molar-refractivity contribution in [1.82, 2.24) is 15.5 Å². The van der Waals surface area contributed by atoms with Gasteiger partial charge in [0.25, 0.3) is 0 Å². The molecule has 4 N–H and O–H groups in total. The van der Waals surface area contributed by atoms with Crippen molar-refractivity contribution in [3.63, 3.8) is 0 Å². The Bertz CT molecular complexity index is 331. The molecule has 0 radical (unpaired) electrons. The van der Waals surface area contributed by atoms with Crippen LogP contribution in [-0.2, 0) is 9.59 Å². The molecule has 96 valence electrons. The third-order valence-electron chi connectivity index (χ3n) is 2.35. The first-order chi connectivity index (χ1) is 7.91. The van der Waals surface area contributed by atoms with Crippen LogP contribution in [0.3, 0.4) is 0 Å². The second-order valence-electron chi connectivity index (χ2n) is 3.78. The van der Waals surface area contributed by atoms with E-state index >= 15 is 0 Å². The van der Waals surface area contributed by atoms with E-state index in [0.717, 1.165) is 0 Å². The summed E-state index contributed by atoms with van der Waals surface area (Å²) in [7, 11) is 0. The third-order valence-corrected chi connectivity index (χ3v) is 2.35. The van der Waals surface area contributed by atoms with E-state index in [2.05, 4.69) is 10.6 Å². The van der Waals surface area contributed by atoms with Gasteiger partial charge in [-0.1, -0.05) is 0 Å². The van der Waals surface area contributed by atoms with Gasteiger partial charge in [-0.25, -0.2) is 9.59 Å². The smallest absolute Gasteiger partial charge is 0.328 e. The van der Waals surface area contributed by atoms with E-state index in [4.69, 9.17) is 5.11 Å². The van der Waals surface area contributed by atoms with E-state index in [1.807, 2.05) is 0 Å². The largest absolute Gasteiger partial charge is 0.480 e. The highest BCUT2D eigenvalue weighted by atomic mass is 16.4. The molecule has 1 saturated heterocycles. The summed E-state index contributed by atoms with van der Waals surface area (Å²) in [5.74, 6) is -1.62. The lowest BCUT2D eigenvalue weighted by Crippen LogP contribution is -2.57. The van der Waals surface area contributed by atoms with E-state index in [0.29, 0.717) is 13.1 Å². The Kier molecular flexibility index (Phi) is 4.27. The topological polar surface area (TPSA) is 119 Å². The zero-order valence-corrected chi connectivity index (χ0v) is 9.34. The van der Waals surface area contributed by atoms with Gasteiger partial charge in [-0.05, 0) is 6.92 Å². The minimum Gasteiger partial charge on any atom is -0.480 e. The number of carbonyl (C=O) groups is 3. The first-order valence-corrected chi connectivity index (χ1v) is 5.15. The zero-order valence-electron chi connectivity index (χ0n) is 9.34. The number of rotatable bonds is 3. The molecule has 0 aromatic carbocycles. The standard InChI is InChI=1S/C9H15N3O5/c1-5(13)7(8(15)16)11-9(17)12-3-2-10-6(14)4-12/h5,7,13H,2-4H2,1H3,(H,10,14)(H,11,17)(H,15,16). The van der Waals surface area contributed by atoms with Gasteiger partial charge in [0.15, 0.2) is 6.04 Å². The molecule has 1 fully saturated rings. The molecule has 8 heteroatoms. The summed E-state index contributed by atoms with van der Waals surface area (Å²) in [6.45, 7) is 1.79. The van der Waals surface area contributed by atoms with Crippen molar-refractivity contribution in [2.45, 2.75) is 19.1 Å². The van der Waals surface area contributed by atoms with Crippen LogP contribution in [0.25, 0.3) is 0 Å². The van der Waals surface area contributed by atoms with Gasteiger partial charge in [0.05, 0.1) is 6.10 Å². The number of carbonyl (C=O) groups excluding carboxylic acids is 2. The third kappa shape index (κ3) is 3.59. The molecular weight excluding hydrogens is 230 g/mol. The van der Waals surface area contributed by atoms with Gasteiger partial charge >= 0.3 is 12.0 Å². The van der Waals surface area contributed by atoms with Crippen LogP contribution >= 0.6 is 0 Å². The molecule has 0 aliphatic carbocycles. The molecule has 1 rings (SSSR count). The molecule has 0 aromatic heterocycles. The number of aliphatic hydroxyl groups is 1. The Balaban J connectivity index is 2.57. The number of aliphatic carboxylic acids is 1. The van der Waals surface area contributed by atoms with Crippen LogP contribution in [0.1, 0.15) is 6.92 Å². The van der Waals surface area contributed by atoms with E-state index in [-0.39, 0.29) is 12.5 Å². The number of carboxylic acid groups (broad SMARTS) is 1. The maximum Gasteiger partial charge on any atom is 0.328 e. The number of piperazine rings is 1. The van der Waals surface area contributed by atoms with Crippen LogP contribution in [0.15, 0.2) is 0 Å². The summed E-state index contributed by atoms with van der Waals surface area (Å²) < 4.78 is 0. The lowest BCUT2D eigenvalue weighted by Gasteiger charge is -2.28. The Morgan fingerprint density at radius 2 is 2.18 bits per heavy atom. The Morgan fingerprint density at radius 3 is 2.65 bits per heavy atom. The molecule has 0 bridgehead atoms. The normalized spacial score (nSPS) is 19.2. The fourth-order valence-electron chi connectivity index (χ4n) is 1.42. The highest BCUT2D eigenvalue weighted by Gasteiger charge is 2.28. The summed E-state index contributed by atoms with van der Waals surface area (Å²) in [6, 6.07) is -2.05. The van der Waals surface area contributed by atoms with Crippen molar-refractivity contribution in [3.8, 4) is 0 Å². The molecule has 2 atom stereocenters. The zero-order chi connectivity index (χ0) is 13.0. The summed E-state index contributed by atoms with van der Waals surface area (Å²) in [5.41, 5.74) is 0. The van der Waals surface area contributed by atoms with Crippen molar-refractivity contribution in [2.24, 2.45) is 0 Å². The molecular formula is C9H15N3O5. The van der Waals surface area contributed by atoms with Crippen LogP contribution in [0.2, 0.25) is 0 Å². The van der Waals surface area contributed by atoms with Crippen LogP contribution < -0.4 is 10.6 Å². The lowest BCUT2D eigenvalue weighted by atomic mass is 10.2. The van der Waals surface area contributed by atoms with Gasteiger partial charge in [-0.15, -0.1) is 0 Å². The Labute approximate surface area is 97.6 Å². The summed E-state index contributed by atoms with van der Waals surface area (Å²) in [6.07, 6.45) is -1.21. The van der Waals surface area contributed by atoms with Gasteiger partial charge in [-0.3, -0.25) is 4.79 Å². The van der Waals surface area contributed by atoms with Crippen molar-refractivity contribution >= 4 is 17.9 Å². The fraction of sp³-hybridized carbons (Fsp3) is 0.667. The summed E-state index contributed by atoms with van der Waals surface area (Å²) in [4.78, 5) is 34.6. The molecule has 1 heterocycles. The average molecular weight is 245 g/mol. The number of hydrogen-bond acceptors (Lipinski definition) is 4. The number of nitrogens with one attached hydrogen (secondary N) is 2. The molecule has 3 amide bonds. The van der Waals surface area contributed by atoms with E-state index < -0.39 is 24.1 Å². The molecule has 0 aromatic rings. The van der Waals surface area contributed by atoms with E-state index in [1.165, 1.54) is 11.8 Å². The van der Waals surface area contributed by atoms with Gasteiger partial charge in [0.2, 0.25) is 5.91 Å². The quantitative estimate of drug-likeness (QED) is 0.457. The second kappa shape index (κ2) is 5.48. The molecule has 8 nitrogen and oxygen atoms in total. The number of amides is 3. The molecule has 17 heavy (non-hydrogen) atoms. The molecule has 0 spiro atoms. The predicted molar refractivity (Wildman–Crippen MR) is 56.2 cm³/mol. The average Bonchev–Trinajstić information content (AvgIpc) is 2.24. The maximum absolute atomic E-state index is 11.6. The van der Waals surface area contributed by atoms with Gasteiger partial charge in [-0.2, -0.15) is 0 Å². The van der Waals surface area contributed by atoms with Crippen LogP contribution in [0.5, 0.6) is 0 Å².